The standard InChI is InChI=1S/C16H16N4O/c1-19-9-4-7-15(19)16(21)18-11-13-5-2-3-6-14(13)20-10-8-17-12-20/h2-10,12H,11H2,1H3,(H,18,21). The van der Waals surface area contributed by atoms with E-state index in [9.17, 15) is 4.79 Å². The van der Waals surface area contributed by atoms with E-state index >= 15 is 0 Å². The van der Waals surface area contributed by atoms with Gasteiger partial charge >= 0.3 is 0 Å². The number of rotatable bonds is 4. The Bertz CT molecular complexity index is 743. The first-order valence-corrected chi connectivity index (χ1v) is 6.71. The van der Waals surface area contributed by atoms with Crippen LogP contribution < -0.4 is 5.32 Å². The molecule has 0 atom stereocenters. The summed E-state index contributed by atoms with van der Waals surface area (Å²) in [4.78, 5) is 16.2. The minimum Gasteiger partial charge on any atom is -0.347 e. The SMILES string of the molecule is Cn1cccc1C(=O)NCc1ccccc1-n1ccnc1. The third-order valence-corrected chi connectivity index (χ3v) is 3.39. The fourth-order valence-corrected chi connectivity index (χ4v) is 2.28. The third kappa shape index (κ3) is 2.72. The molecule has 0 radical (unpaired) electrons. The van der Waals surface area contributed by atoms with Gasteiger partial charge in [-0.25, -0.2) is 4.98 Å². The van der Waals surface area contributed by atoms with Crippen LogP contribution in [0.4, 0.5) is 0 Å². The number of amides is 1. The van der Waals surface area contributed by atoms with Crippen molar-refractivity contribution < 1.29 is 4.79 Å². The van der Waals surface area contributed by atoms with Crippen molar-refractivity contribution in [3.8, 4) is 5.69 Å². The molecule has 0 aliphatic carbocycles. The molecule has 0 unspecified atom stereocenters. The van der Waals surface area contributed by atoms with Crippen LogP contribution in [0.1, 0.15) is 16.1 Å². The molecule has 0 aliphatic heterocycles. The zero-order valence-electron chi connectivity index (χ0n) is 11.7. The molecule has 3 aromatic rings. The van der Waals surface area contributed by atoms with Crippen LogP contribution in [0.5, 0.6) is 0 Å². The normalized spacial score (nSPS) is 10.5. The van der Waals surface area contributed by atoms with Crippen LogP contribution in [0.25, 0.3) is 5.69 Å². The zero-order valence-corrected chi connectivity index (χ0v) is 11.7. The summed E-state index contributed by atoms with van der Waals surface area (Å²) in [7, 11) is 1.86. The second kappa shape index (κ2) is 5.66. The van der Waals surface area contributed by atoms with Gasteiger partial charge in [0, 0.05) is 32.2 Å². The first kappa shape index (κ1) is 13.2. The molecule has 5 heteroatoms. The number of para-hydroxylation sites is 1. The molecule has 0 fully saturated rings. The minimum atomic E-state index is -0.0806. The third-order valence-electron chi connectivity index (χ3n) is 3.39. The minimum absolute atomic E-state index is 0.0806. The molecule has 2 aromatic heterocycles. The van der Waals surface area contributed by atoms with Crippen LogP contribution in [0.3, 0.4) is 0 Å². The Kier molecular flexibility index (Phi) is 3.55. The Balaban J connectivity index is 1.77. The highest BCUT2D eigenvalue weighted by Crippen LogP contribution is 2.14. The molecule has 0 aliphatic rings. The topological polar surface area (TPSA) is 51.9 Å². The van der Waals surface area contributed by atoms with E-state index < -0.39 is 0 Å². The van der Waals surface area contributed by atoms with Crippen molar-refractivity contribution >= 4 is 5.91 Å². The Morgan fingerprint density at radius 3 is 2.76 bits per heavy atom. The van der Waals surface area contributed by atoms with E-state index in [4.69, 9.17) is 0 Å². The molecule has 5 nitrogen and oxygen atoms in total. The summed E-state index contributed by atoms with van der Waals surface area (Å²) in [5.41, 5.74) is 2.70. The highest BCUT2D eigenvalue weighted by Gasteiger charge is 2.10. The highest BCUT2D eigenvalue weighted by molar-refractivity contribution is 5.92. The van der Waals surface area contributed by atoms with Crippen molar-refractivity contribution in [1.29, 1.82) is 0 Å². The lowest BCUT2D eigenvalue weighted by atomic mass is 10.1. The van der Waals surface area contributed by atoms with E-state index in [2.05, 4.69) is 10.3 Å². The molecule has 21 heavy (non-hydrogen) atoms. The predicted molar refractivity (Wildman–Crippen MR) is 80.1 cm³/mol. The molecule has 0 spiro atoms. The quantitative estimate of drug-likeness (QED) is 0.796. The fraction of sp³-hybridized carbons (Fsp3) is 0.125. The Morgan fingerprint density at radius 1 is 1.19 bits per heavy atom. The number of hydrogen-bond acceptors (Lipinski definition) is 2. The van der Waals surface area contributed by atoms with E-state index in [-0.39, 0.29) is 5.91 Å². The number of aromatic nitrogens is 3. The summed E-state index contributed by atoms with van der Waals surface area (Å²) in [6.45, 7) is 0.471. The number of nitrogens with zero attached hydrogens (tertiary/aromatic N) is 3. The molecule has 0 saturated heterocycles. The summed E-state index contributed by atoms with van der Waals surface area (Å²) >= 11 is 0. The fourth-order valence-electron chi connectivity index (χ4n) is 2.28. The first-order chi connectivity index (χ1) is 10.3. The van der Waals surface area contributed by atoms with Crippen LogP contribution in [0, 0.1) is 0 Å². The van der Waals surface area contributed by atoms with Crippen molar-refractivity contribution in [1.82, 2.24) is 19.4 Å². The van der Waals surface area contributed by atoms with E-state index in [1.54, 1.807) is 23.2 Å². The van der Waals surface area contributed by atoms with E-state index in [1.165, 1.54) is 0 Å². The van der Waals surface area contributed by atoms with Crippen LogP contribution in [-0.2, 0) is 13.6 Å². The largest absolute Gasteiger partial charge is 0.347 e. The lowest BCUT2D eigenvalue weighted by Gasteiger charge is -2.11. The van der Waals surface area contributed by atoms with Crippen molar-refractivity contribution in [3.63, 3.8) is 0 Å². The first-order valence-electron chi connectivity index (χ1n) is 6.71. The lowest BCUT2D eigenvalue weighted by molar-refractivity contribution is 0.0943. The molecular weight excluding hydrogens is 264 g/mol. The van der Waals surface area contributed by atoms with Gasteiger partial charge in [0.05, 0.1) is 12.0 Å². The van der Waals surface area contributed by atoms with Crippen molar-refractivity contribution in [3.05, 3.63) is 72.6 Å². The zero-order chi connectivity index (χ0) is 14.7. The van der Waals surface area contributed by atoms with Crippen LogP contribution in [0.2, 0.25) is 0 Å². The summed E-state index contributed by atoms with van der Waals surface area (Å²) in [5, 5.41) is 2.95. The lowest BCUT2D eigenvalue weighted by Crippen LogP contribution is -2.25. The number of nitrogens with one attached hydrogen (secondary N) is 1. The van der Waals surface area contributed by atoms with Gasteiger partial charge in [-0.3, -0.25) is 4.79 Å². The van der Waals surface area contributed by atoms with E-state index in [1.807, 2.05) is 54.3 Å². The van der Waals surface area contributed by atoms with Gasteiger partial charge < -0.3 is 14.5 Å². The maximum Gasteiger partial charge on any atom is 0.268 e. The van der Waals surface area contributed by atoms with Gasteiger partial charge in [-0.15, -0.1) is 0 Å². The van der Waals surface area contributed by atoms with Crippen molar-refractivity contribution in [2.45, 2.75) is 6.54 Å². The van der Waals surface area contributed by atoms with Crippen molar-refractivity contribution in [2.75, 3.05) is 0 Å². The number of aryl methyl sites for hydroxylation is 1. The Labute approximate surface area is 122 Å². The summed E-state index contributed by atoms with van der Waals surface area (Å²) in [6.07, 6.45) is 7.23. The maximum absolute atomic E-state index is 12.1. The molecule has 1 N–H and O–H groups in total. The molecule has 0 bridgehead atoms. The number of hydrogen-bond donors (Lipinski definition) is 1. The van der Waals surface area contributed by atoms with E-state index in [0.717, 1.165) is 11.3 Å². The average Bonchev–Trinajstić information content (AvgIpc) is 3.16. The molecule has 1 amide bonds. The number of carbonyl (C=O) groups excluding carboxylic acids is 1. The summed E-state index contributed by atoms with van der Waals surface area (Å²) in [6, 6.07) is 11.6. The van der Waals surface area contributed by atoms with Gasteiger partial charge in [0.2, 0.25) is 0 Å². The van der Waals surface area contributed by atoms with Gasteiger partial charge in [-0.05, 0) is 23.8 Å². The van der Waals surface area contributed by atoms with Crippen LogP contribution >= 0.6 is 0 Å². The second-order valence-corrected chi connectivity index (χ2v) is 4.79. The smallest absolute Gasteiger partial charge is 0.268 e. The monoisotopic (exact) mass is 280 g/mol. The van der Waals surface area contributed by atoms with Crippen LogP contribution in [-0.4, -0.2) is 20.0 Å². The number of imidazole rings is 1. The Hall–Kier alpha value is -2.82. The van der Waals surface area contributed by atoms with Gasteiger partial charge in [-0.2, -0.15) is 0 Å². The van der Waals surface area contributed by atoms with Gasteiger partial charge in [0.25, 0.3) is 5.91 Å². The van der Waals surface area contributed by atoms with Gasteiger partial charge in [0.1, 0.15) is 5.69 Å². The highest BCUT2D eigenvalue weighted by atomic mass is 16.1. The molecule has 1 aromatic carbocycles. The maximum atomic E-state index is 12.1. The summed E-state index contributed by atoms with van der Waals surface area (Å²) < 4.78 is 3.74. The van der Waals surface area contributed by atoms with Crippen LogP contribution in [0.15, 0.2) is 61.3 Å². The second-order valence-electron chi connectivity index (χ2n) is 4.79. The van der Waals surface area contributed by atoms with Gasteiger partial charge in [-0.1, -0.05) is 18.2 Å². The molecule has 3 rings (SSSR count). The number of carbonyl (C=O) groups is 1. The Morgan fingerprint density at radius 2 is 2.05 bits per heavy atom. The summed E-state index contributed by atoms with van der Waals surface area (Å²) in [5.74, 6) is -0.0806. The molecular formula is C16H16N4O. The number of benzene rings is 1. The predicted octanol–water partition coefficient (Wildman–Crippen LogP) is 2.14. The van der Waals surface area contributed by atoms with Gasteiger partial charge in [0.15, 0.2) is 0 Å². The average molecular weight is 280 g/mol. The molecule has 0 saturated carbocycles. The van der Waals surface area contributed by atoms with Crippen molar-refractivity contribution in [2.24, 2.45) is 7.05 Å². The van der Waals surface area contributed by atoms with E-state index in [0.29, 0.717) is 12.2 Å². The molecule has 2 heterocycles. The molecule has 106 valence electrons.